The summed E-state index contributed by atoms with van der Waals surface area (Å²) in [4.78, 5) is 23.5. The highest BCUT2D eigenvalue weighted by Gasteiger charge is 2.26. The number of nitrogens with one attached hydrogen (secondary N) is 2. The molecule has 0 heterocycles. The van der Waals surface area contributed by atoms with Crippen LogP contribution in [0.1, 0.15) is 60.8 Å². The molecule has 2 N–H and O–H groups in total. The van der Waals surface area contributed by atoms with E-state index >= 15 is 0 Å². The molecule has 0 aromatic rings. The lowest BCUT2D eigenvalue weighted by Crippen LogP contribution is -2.47. The summed E-state index contributed by atoms with van der Waals surface area (Å²) >= 11 is 0. The minimum Gasteiger partial charge on any atom is -0.273 e. The van der Waals surface area contributed by atoms with Crippen molar-refractivity contribution < 1.29 is 9.59 Å². The molecule has 0 aromatic heterocycles. The highest BCUT2D eigenvalue weighted by Crippen LogP contribution is 2.21. The van der Waals surface area contributed by atoms with Crippen LogP contribution in [0.3, 0.4) is 0 Å². The van der Waals surface area contributed by atoms with E-state index in [2.05, 4.69) is 24.7 Å². The molecule has 0 aliphatic rings. The number of hydrogen-bond donors (Lipinski definition) is 2. The van der Waals surface area contributed by atoms with Crippen molar-refractivity contribution in [1.29, 1.82) is 0 Å². The Morgan fingerprint density at radius 1 is 1.11 bits per heavy atom. The van der Waals surface area contributed by atoms with Crippen LogP contribution in [0.15, 0.2) is 0 Å². The molecule has 0 fully saturated rings. The summed E-state index contributed by atoms with van der Waals surface area (Å²) in [5, 5.41) is 0. The monoisotopic (exact) mass is 256 g/mol. The van der Waals surface area contributed by atoms with Crippen molar-refractivity contribution in [3.05, 3.63) is 0 Å². The Balaban J connectivity index is 4.10. The predicted octanol–water partition coefficient (Wildman–Crippen LogP) is 2.64. The molecule has 1 atom stereocenters. The summed E-state index contributed by atoms with van der Waals surface area (Å²) < 4.78 is 0. The molecule has 0 rings (SSSR count). The molecule has 4 nitrogen and oxygen atoms in total. The molecule has 0 saturated carbocycles. The minimum absolute atomic E-state index is 0.128. The number of rotatable bonds is 6. The van der Waals surface area contributed by atoms with Crippen LogP contribution in [-0.2, 0) is 9.59 Å². The van der Waals surface area contributed by atoms with Gasteiger partial charge in [0.05, 0.1) is 0 Å². The number of hydrogen-bond acceptors (Lipinski definition) is 2. The quantitative estimate of drug-likeness (QED) is 0.718. The molecular weight excluding hydrogens is 228 g/mol. The van der Waals surface area contributed by atoms with Gasteiger partial charge in [0.2, 0.25) is 11.8 Å². The van der Waals surface area contributed by atoms with Gasteiger partial charge in [0, 0.05) is 11.8 Å². The Labute approximate surface area is 111 Å². The van der Waals surface area contributed by atoms with E-state index in [-0.39, 0.29) is 11.8 Å². The maximum absolute atomic E-state index is 11.9. The van der Waals surface area contributed by atoms with Crippen LogP contribution < -0.4 is 10.9 Å². The van der Waals surface area contributed by atoms with Gasteiger partial charge in [0.25, 0.3) is 0 Å². The molecule has 0 spiro atoms. The van der Waals surface area contributed by atoms with Gasteiger partial charge in [0.15, 0.2) is 0 Å². The molecule has 0 aliphatic heterocycles. The van der Waals surface area contributed by atoms with Crippen molar-refractivity contribution in [2.24, 2.45) is 17.3 Å². The van der Waals surface area contributed by atoms with Gasteiger partial charge in [-0.05, 0) is 18.3 Å². The van der Waals surface area contributed by atoms with Gasteiger partial charge in [0.1, 0.15) is 0 Å². The third-order valence-electron chi connectivity index (χ3n) is 3.45. The van der Waals surface area contributed by atoms with E-state index in [0.717, 1.165) is 12.8 Å². The fourth-order valence-corrected chi connectivity index (χ4v) is 1.61. The Morgan fingerprint density at radius 3 is 2.11 bits per heavy atom. The maximum Gasteiger partial charge on any atom is 0.244 e. The van der Waals surface area contributed by atoms with E-state index in [1.54, 1.807) is 0 Å². The fraction of sp³-hybridized carbons (Fsp3) is 0.857. The first kappa shape index (κ1) is 16.9. The number of carbonyl (C=O) groups excluding carboxylic acids is 2. The molecule has 0 aliphatic carbocycles. The first-order valence-electron chi connectivity index (χ1n) is 6.80. The average Bonchev–Trinajstić information content (AvgIpc) is 2.25. The van der Waals surface area contributed by atoms with Gasteiger partial charge in [-0.1, -0.05) is 48.0 Å². The van der Waals surface area contributed by atoms with Gasteiger partial charge in [-0.3, -0.25) is 20.4 Å². The zero-order valence-corrected chi connectivity index (χ0v) is 12.6. The minimum atomic E-state index is -0.439. The summed E-state index contributed by atoms with van der Waals surface area (Å²) in [5.74, 6) is 0.514. The fourth-order valence-electron chi connectivity index (χ4n) is 1.61. The van der Waals surface area contributed by atoms with E-state index in [9.17, 15) is 9.59 Å². The zero-order chi connectivity index (χ0) is 14.3. The third kappa shape index (κ3) is 6.03. The van der Waals surface area contributed by atoms with Crippen LogP contribution in [0.2, 0.25) is 0 Å². The number of carbonyl (C=O) groups is 2. The van der Waals surface area contributed by atoms with Gasteiger partial charge in [-0.2, -0.15) is 0 Å². The Kier molecular flexibility index (Phi) is 6.96. The average molecular weight is 256 g/mol. The van der Waals surface area contributed by atoms with Crippen LogP contribution in [0, 0.1) is 17.3 Å². The smallest absolute Gasteiger partial charge is 0.244 e. The molecule has 2 amide bonds. The molecule has 106 valence electrons. The lowest BCUT2D eigenvalue weighted by molar-refractivity contribution is -0.135. The van der Waals surface area contributed by atoms with Crippen molar-refractivity contribution in [3.63, 3.8) is 0 Å². The van der Waals surface area contributed by atoms with Crippen LogP contribution in [-0.4, -0.2) is 11.8 Å². The summed E-state index contributed by atoms with van der Waals surface area (Å²) in [6, 6.07) is 0. The zero-order valence-electron chi connectivity index (χ0n) is 12.6. The van der Waals surface area contributed by atoms with Crippen molar-refractivity contribution in [1.82, 2.24) is 10.9 Å². The number of hydrazine groups is 1. The lowest BCUT2D eigenvalue weighted by atomic mass is 9.87. The van der Waals surface area contributed by atoms with Gasteiger partial charge < -0.3 is 0 Å². The van der Waals surface area contributed by atoms with Crippen molar-refractivity contribution in [2.45, 2.75) is 60.8 Å². The van der Waals surface area contributed by atoms with Crippen molar-refractivity contribution in [3.8, 4) is 0 Å². The van der Waals surface area contributed by atoms with Crippen LogP contribution in [0.25, 0.3) is 0 Å². The second-order valence-electron chi connectivity index (χ2n) is 6.06. The Bertz CT molecular complexity index is 286. The first-order valence-corrected chi connectivity index (χ1v) is 6.80. The van der Waals surface area contributed by atoms with E-state index in [1.165, 1.54) is 0 Å². The van der Waals surface area contributed by atoms with Crippen molar-refractivity contribution in [2.75, 3.05) is 0 Å². The van der Waals surface area contributed by atoms with Gasteiger partial charge in [-0.25, -0.2) is 0 Å². The highest BCUT2D eigenvalue weighted by molar-refractivity contribution is 5.85. The molecule has 18 heavy (non-hydrogen) atoms. The van der Waals surface area contributed by atoms with Crippen LogP contribution in [0.5, 0.6) is 0 Å². The third-order valence-corrected chi connectivity index (χ3v) is 3.45. The molecule has 1 unspecified atom stereocenters. The molecular formula is C14H28N2O2. The van der Waals surface area contributed by atoms with Crippen LogP contribution in [0.4, 0.5) is 0 Å². The Morgan fingerprint density at radius 2 is 1.67 bits per heavy atom. The van der Waals surface area contributed by atoms with E-state index in [1.807, 2.05) is 27.7 Å². The summed E-state index contributed by atoms with van der Waals surface area (Å²) in [5.41, 5.74) is 4.57. The van der Waals surface area contributed by atoms with Crippen LogP contribution >= 0.6 is 0 Å². The maximum atomic E-state index is 11.9. The normalized spacial score (nSPS) is 13.3. The van der Waals surface area contributed by atoms with E-state index in [0.29, 0.717) is 18.3 Å². The molecule has 4 heteroatoms. The summed E-state index contributed by atoms with van der Waals surface area (Å²) in [6.07, 6.45) is 2.18. The topological polar surface area (TPSA) is 58.2 Å². The predicted molar refractivity (Wildman–Crippen MR) is 73.6 cm³/mol. The van der Waals surface area contributed by atoms with Crippen molar-refractivity contribution >= 4 is 11.8 Å². The van der Waals surface area contributed by atoms with E-state index in [4.69, 9.17) is 0 Å². The van der Waals surface area contributed by atoms with E-state index < -0.39 is 5.41 Å². The SMILES string of the molecule is CCCC(C)(C)C(=O)NNC(=O)CC(C)C(C)C. The molecule has 0 saturated heterocycles. The number of amides is 2. The largest absolute Gasteiger partial charge is 0.273 e. The highest BCUT2D eigenvalue weighted by atomic mass is 16.2. The standard InChI is InChI=1S/C14H28N2O2/c1-7-8-14(5,6)13(18)16-15-12(17)9-11(4)10(2)3/h10-11H,7-9H2,1-6H3,(H,15,17)(H,16,18). The molecule has 0 bridgehead atoms. The molecule has 0 radical (unpaired) electrons. The molecule has 0 aromatic carbocycles. The summed E-state index contributed by atoms with van der Waals surface area (Å²) in [7, 11) is 0. The lowest BCUT2D eigenvalue weighted by Gasteiger charge is -2.23. The first-order chi connectivity index (χ1) is 8.20. The summed E-state index contributed by atoms with van der Waals surface area (Å²) in [6.45, 7) is 12.0. The second-order valence-corrected chi connectivity index (χ2v) is 6.06. The Hall–Kier alpha value is -1.06. The second kappa shape index (κ2) is 7.39. The van der Waals surface area contributed by atoms with Gasteiger partial charge >= 0.3 is 0 Å². The van der Waals surface area contributed by atoms with Gasteiger partial charge in [-0.15, -0.1) is 0 Å².